The van der Waals surface area contributed by atoms with E-state index in [0.29, 0.717) is 18.7 Å². The smallest absolute Gasteiger partial charge is 0.217 e. The van der Waals surface area contributed by atoms with Gasteiger partial charge >= 0.3 is 0 Å². The third-order valence-electron chi connectivity index (χ3n) is 3.13. The summed E-state index contributed by atoms with van der Waals surface area (Å²) in [6.07, 6.45) is -0.0926. The molecule has 0 aromatic heterocycles. The highest BCUT2D eigenvalue weighted by molar-refractivity contribution is 7.92. The van der Waals surface area contributed by atoms with Crippen LogP contribution in [0.25, 0.3) is 0 Å². The van der Waals surface area contributed by atoms with Gasteiger partial charge in [-0.3, -0.25) is 0 Å². The highest BCUT2D eigenvalue weighted by atomic mass is 32.2. The largest absolute Gasteiger partial charge is 0.316 e. The van der Waals surface area contributed by atoms with E-state index < -0.39 is 14.8 Å². The molecule has 0 spiro atoms. The van der Waals surface area contributed by atoms with Crippen molar-refractivity contribution in [1.29, 1.82) is 5.26 Å². The molecule has 0 saturated carbocycles. The first kappa shape index (κ1) is 13.0. The van der Waals surface area contributed by atoms with Crippen LogP contribution in [0.2, 0.25) is 0 Å². The second kappa shape index (κ2) is 4.67. The van der Waals surface area contributed by atoms with Gasteiger partial charge in [0.05, 0.1) is 16.5 Å². The van der Waals surface area contributed by atoms with E-state index in [9.17, 15) is 12.8 Å². The SMILES string of the molecule is N#Cc1ccc(S(=O)(=O)C2(F)CCNCC2)cc1. The van der Waals surface area contributed by atoms with Gasteiger partial charge in [0.25, 0.3) is 0 Å². The Labute approximate surface area is 105 Å². The van der Waals surface area contributed by atoms with Crippen molar-refractivity contribution in [3.63, 3.8) is 0 Å². The molecule has 96 valence electrons. The van der Waals surface area contributed by atoms with Gasteiger partial charge in [0.1, 0.15) is 0 Å². The molecule has 0 bridgehead atoms. The van der Waals surface area contributed by atoms with Crippen LogP contribution in [0.3, 0.4) is 0 Å². The standard InChI is InChI=1S/C12H13FN2O2S/c13-12(5-7-15-8-6-12)18(16,17)11-3-1-10(9-14)2-4-11/h1-4,15H,5-8H2. The molecule has 0 atom stereocenters. The van der Waals surface area contributed by atoms with E-state index in [1.54, 1.807) is 0 Å². The summed E-state index contributed by atoms with van der Waals surface area (Å²) in [6, 6.07) is 7.25. The summed E-state index contributed by atoms with van der Waals surface area (Å²) < 4.78 is 39.0. The molecular weight excluding hydrogens is 255 g/mol. The minimum Gasteiger partial charge on any atom is -0.316 e. The molecular formula is C12H13FN2O2S. The summed E-state index contributed by atoms with van der Waals surface area (Å²) in [6.45, 7) is 0.706. The van der Waals surface area contributed by atoms with E-state index >= 15 is 0 Å². The Morgan fingerprint density at radius 3 is 2.28 bits per heavy atom. The summed E-state index contributed by atoms with van der Waals surface area (Å²) in [4.78, 5) is -0.0640. The van der Waals surface area contributed by atoms with Crippen LogP contribution in [0.15, 0.2) is 29.2 Å². The Balaban J connectivity index is 2.38. The molecule has 1 aliphatic rings. The van der Waals surface area contributed by atoms with Crippen molar-refractivity contribution in [2.75, 3.05) is 13.1 Å². The lowest BCUT2D eigenvalue weighted by atomic mass is 10.1. The fourth-order valence-electron chi connectivity index (χ4n) is 1.99. The number of rotatable bonds is 2. The molecule has 0 aliphatic carbocycles. The maximum atomic E-state index is 14.5. The molecule has 0 unspecified atom stereocenters. The highest BCUT2D eigenvalue weighted by Gasteiger charge is 2.45. The van der Waals surface area contributed by atoms with Crippen molar-refractivity contribution in [2.24, 2.45) is 0 Å². The average molecular weight is 268 g/mol. The zero-order chi connectivity index (χ0) is 13.2. The van der Waals surface area contributed by atoms with Gasteiger partial charge in [0.15, 0.2) is 0 Å². The monoisotopic (exact) mass is 268 g/mol. The maximum Gasteiger partial charge on any atom is 0.217 e. The normalized spacial score (nSPS) is 19.1. The molecule has 1 N–H and O–H groups in total. The number of piperidine rings is 1. The Morgan fingerprint density at radius 2 is 1.78 bits per heavy atom. The molecule has 6 heteroatoms. The van der Waals surface area contributed by atoms with Crippen molar-refractivity contribution in [3.05, 3.63) is 29.8 Å². The molecule has 1 aromatic rings. The predicted octanol–water partition coefficient (Wildman–Crippen LogP) is 1.38. The van der Waals surface area contributed by atoms with Crippen LogP contribution in [-0.4, -0.2) is 26.5 Å². The minimum absolute atomic E-state index is 0.0463. The number of nitrogens with zero attached hydrogens (tertiary/aromatic N) is 1. The van der Waals surface area contributed by atoms with Gasteiger partial charge in [0.2, 0.25) is 14.8 Å². The zero-order valence-corrected chi connectivity index (χ0v) is 10.5. The van der Waals surface area contributed by atoms with Gasteiger partial charge in [-0.2, -0.15) is 5.26 Å². The molecule has 1 heterocycles. The summed E-state index contributed by atoms with van der Waals surface area (Å²) in [5, 5.41) is 9.38. The number of nitrogens with one attached hydrogen (secondary N) is 1. The van der Waals surface area contributed by atoms with Crippen LogP contribution in [0, 0.1) is 11.3 Å². The molecule has 0 radical (unpaired) electrons. The quantitative estimate of drug-likeness (QED) is 0.879. The van der Waals surface area contributed by atoms with Gasteiger partial charge in [-0.05, 0) is 37.4 Å². The number of nitriles is 1. The number of hydrogen-bond acceptors (Lipinski definition) is 4. The number of benzene rings is 1. The first-order valence-electron chi connectivity index (χ1n) is 5.64. The fraction of sp³-hybridized carbons (Fsp3) is 0.417. The van der Waals surface area contributed by atoms with E-state index in [1.165, 1.54) is 24.3 Å². The second-order valence-electron chi connectivity index (χ2n) is 4.27. The van der Waals surface area contributed by atoms with E-state index in [2.05, 4.69) is 5.32 Å². The van der Waals surface area contributed by atoms with Crippen molar-refractivity contribution >= 4 is 9.84 Å². The summed E-state index contributed by atoms with van der Waals surface area (Å²) in [5.74, 6) is 0. The topological polar surface area (TPSA) is 70.0 Å². The molecule has 0 amide bonds. The summed E-state index contributed by atoms with van der Waals surface area (Å²) in [5.41, 5.74) is 0.354. The van der Waals surface area contributed by atoms with E-state index in [4.69, 9.17) is 5.26 Å². The fourth-order valence-corrected chi connectivity index (χ4v) is 3.65. The molecule has 1 aromatic carbocycles. The Kier molecular flexibility index (Phi) is 3.37. The number of halogens is 1. The lowest BCUT2D eigenvalue weighted by Crippen LogP contribution is -2.44. The van der Waals surface area contributed by atoms with Gasteiger partial charge in [-0.1, -0.05) is 0 Å². The van der Waals surface area contributed by atoms with Crippen LogP contribution in [0.1, 0.15) is 18.4 Å². The summed E-state index contributed by atoms with van der Waals surface area (Å²) in [7, 11) is -4.00. The Hall–Kier alpha value is -1.45. The van der Waals surface area contributed by atoms with Gasteiger partial charge in [-0.25, -0.2) is 12.8 Å². The van der Waals surface area contributed by atoms with E-state index in [-0.39, 0.29) is 17.7 Å². The van der Waals surface area contributed by atoms with Gasteiger partial charge in [0, 0.05) is 12.8 Å². The lowest BCUT2D eigenvalue weighted by Gasteiger charge is -2.29. The molecule has 1 saturated heterocycles. The molecule has 4 nitrogen and oxygen atoms in total. The van der Waals surface area contributed by atoms with Crippen molar-refractivity contribution in [2.45, 2.75) is 22.7 Å². The molecule has 1 aliphatic heterocycles. The van der Waals surface area contributed by atoms with E-state index in [1.807, 2.05) is 6.07 Å². The summed E-state index contributed by atoms with van der Waals surface area (Å²) >= 11 is 0. The van der Waals surface area contributed by atoms with Crippen LogP contribution in [0.4, 0.5) is 4.39 Å². The predicted molar refractivity (Wildman–Crippen MR) is 64.3 cm³/mol. The first-order chi connectivity index (χ1) is 8.49. The third-order valence-corrected chi connectivity index (χ3v) is 5.39. The second-order valence-corrected chi connectivity index (χ2v) is 6.48. The van der Waals surface area contributed by atoms with Crippen molar-refractivity contribution in [3.8, 4) is 6.07 Å². The highest BCUT2D eigenvalue weighted by Crippen LogP contribution is 2.34. The van der Waals surface area contributed by atoms with Crippen molar-refractivity contribution in [1.82, 2.24) is 5.32 Å². The molecule has 1 fully saturated rings. The maximum absolute atomic E-state index is 14.5. The lowest BCUT2D eigenvalue weighted by molar-refractivity contribution is 0.206. The van der Waals surface area contributed by atoms with Crippen LogP contribution < -0.4 is 5.32 Å². The van der Waals surface area contributed by atoms with Crippen LogP contribution >= 0.6 is 0 Å². The zero-order valence-electron chi connectivity index (χ0n) is 9.69. The Bertz CT molecular complexity index is 569. The Morgan fingerprint density at radius 1 is 1.22 bits per heavy atom. The van der Waals surface area contributed by atoms with E-state index in [0.717, 1.165) is 0 Å². The average Bonchev–Trinajstić information content (AvgIpc) is 2.39. The number of alkyl halides is 1. The molecule has 2 rings (SSSR count). The first-order valence-corrected chi connectivity index (χ1v) is 7.12. The third kappa shape index (κ3) is 2.11. The number of hydrogen-bond donors (Lipinski definition) is 1. The minimum atomic E-state index is -4.00. The number of sulfone groups is 1. The van der Waals surface area contributed by atoms with Crippen LogP contribution in [-0.2, 0) is 9.84 Å². The van der Waals surface area contributed by atoms with Crippen molar-refractivity contribution < 1.29 is 12.8 Å². The van der Waals surface area contributed by atoms with Crippen LogP contribution in [0.5, 0.6) is 0 Å². The van der Waals surface area contributed by atoms with Gasteiger partial charge < -0.3 is 5.32 Å². The van der Waals surface area contributed by atoms with Gasteiger partial charge in [-0.15, -0.1) is 0 Å². The molecule has 18 heavy (non-hydrogen) atoms.